The average molecular weight is 294 g/mol. The Balaban J connectivity index is 2.77. The van der Waals surface area contributed by atoms with Crippen LogP contribution in [0, 0.1) is 0 Å². The standard InChI is InChI=1S/C16H31NSi2/c1-8-15-10-9-11-16(14-15)12-13-17(18(2,3)4)19(5,6)7/h9-11,14H,8,12-13H2,1-7H3. The minimum atomic E-state index is -1.20. The molecule has 1 rings (SSSR count). The van der Waals surface area contributed by atoms with Gasteiger partial charge in [0.15, 0.2) is 0 Å². The van der Waals surface area contributed by atoms with Crippen molar-refractivity contribution in [2.75, 3.05) is 6.54 Å². The van der Waals surface area contributed by atoms with Gasteiger partial charge in [0.1, 0.15) is 16.5 Å². The van der Waals surface area contributed by atoms with Gasteiger partial charge < -0.3 is 4.23 Å². The first-order valence-corrected chi connectivity index (χ1v) is 14.4. The smallest absolute Gasteiger partial charge is 0.112 e. The van der Waals surface area contributed by atoms with Crippen LogP contribution >= 0.6 is 0 Å². The van der Waals surface area contributed by atoms with Gasteiger partial charge in [-0.25, -0.2) is 0 Å². The highest BCUT2D eigenvalue weighted by Gasteiger charge is 2.33. The maximum atomic E-state index is 2.87. The van der Waals surface area contributed by atoms with Crippen molar-refractivity contribution in [1.29, 1.82) is 0 Å². The van der Waals surface area contributed by atoms with Crippen molar-refractivity contribution in [1.82, 2.24) is 4.23 Å². The molecule has 0 heterocycles. The normalized spacial score (nSPS) is 13.1. The van der Waals surface area contributed by atoms with Crippen LogP contribution in [0.15, 0.2) is 24.3 Å². The highest BCUT2D eigenvalue weighted by molar-refractivity contribution is 6.89. The summed E-state index contributed by atoms with van der Waals surface area (Å²) in [4.78, 5) is 0. The molecule has 0 aliphatic carbocycles. The second kappa shape index (κ2) is 6.38. The summed E-state index contributed by atoms with van der Waals surface area (Å²) in [5.41, 5.74) is 2.96. The average Bonchev–Trinajstić information content (AvgIpc) is 2.26. The molecule has 0 spiro atoms. The summed E-state index contributed by atoms with van der Waals surface area (Å²) >= 11 is 0. The van der Waals surface area contributed by atoms with Gasteiger partial charge in [0.25, 0.3) is 0 Å². The maximum absolute atomic E-state index is 2.87. The molecule has 19 heavy (non-hydrogen) atoms. The molecule has 3 heteroatoms. The Morgan fingerprint density at radius 2 is 1.42 bits per heavy atom. The third kappa shape index (κ3) is 5.24. The van der Waals surface area contributed by atoms with Crippen LogP contribution in [0.5, 0.6) is 0 Å². The molecule has 0 aliphatic rings. The molecular weight excluding hydrogens is 262 g/mol. The van der Waals surface area contributed by atoms with E-state index in [-0.39, 0.29) is 0 Å². The number of hydrogen-bond donors (Lipinski definition) is 0. The highest BCUT2D eigenvalue weighted by atomic mass is 28.4. The Bertz CT molecular complexity index is 388. The van der Waals surface area contributed by atoms with Gasteiger partial charge >= 0.3 is 0 Å². The van der Waals surface area contributed by atoms with Crippen molar-refractivity contribution >= 4 is 16.5 Å². The van der Waals surface area contributed by atoms with Crippen LogP contribution in [0.4, 0.5) is 0 Å². The molecule has 0 radical (unpaired) electrons. The summed E-state index contributed by atoms with van der Waals surface area (Å²) in [5.74, 6) is 0. The first-order valence-electron chi connectivity index (χ1n) is 7.50. The Morgan fingerprint density at radius 1 is 0.895 bits per heavy atom. The second-order valence-electron chi connectivity index (χ2n) is 7.42. The number of nitrogens with zero attached hydrogens (tertiary/aromatic N) is 1. The zero-order chi connectivity index (χ0) is 14.7. The van der Waals surface area contributed by atoms with E-state index in [4.69, 9.17) is 0 Å². The predicted octanol–water partition coefficient (Wildman–Crippen LogP) is 4.76. The number of benzene rings is 1. The monoisotopic (exact) mass is 293 g/mol. The minimum absolute atomic E-state index is 1.14. The maximum Gasteiger partial charge on any atom is 0.112 e. The summed E-state index contributed by atoms with van der Waals surface area (Å²) in [7, 11) is -2.41. The SMILES string of the molecule is CCc1cccc(CCN([Si](C)(C)C)[Si](C)(C)C)c1. The van der Waals surface area contributed by atoms with Crippen LogP contribution in [0.1, 0.15) is 18.1 Å². The van der Waals surface area contributed by atoms with Gasteiger partial charge in [0.2, 0.25) is 0 Å². The van der Waals surface area contributed by atoms with Crippen LogP contribution in [0.3, 0.4) is 0 Å². The van der Waals surface area contributed by atoms with E-state index in [9.17, 15) is 0 Å². The molecule has 0 aliphatic heterocycles. The Hall–Kier alpha value is -0.386. The van der Waals surface area contributed by atoms with Gasteiger partial charge in [-0.1, -0.05) is 70.5 Å². The zero-order valence-corrected chi connectivity index (χ0v) is 15.9. The van der Waals surface area contributed by atoms with Crippen LogP contribution in [-0.2, 0) is 12.8 Å². The topological polar surface area (TPSA) is 3.24 Å². The molecule has 0 aromatic heterocycles. The van der Waals surface area contributed by atoms with Gasteiger partial charge in [-0.05, 0) is 30.5 Å². The first-order chi connectivity index (χ1) is 8.64. The molecular formula is C16H31NSi2. The van der Waals surface area contributed by atoms with Gasteiger partial charge in [0.05, 0.1) is 0 Å². The van der Waals surface area contributed by atoms with E-state index < -0.39 is 16.5 Å². The summed E-state index contributed by atoms with van der Waals surface area (Å²) in [6, 6.07) is 9.11. The molecule has 0 N–H and O–H groups in total. The van der Waals surface area contributed by atoms with Crippen LogP contribution in [0.2, 0.25) is 39.3 Å². The molecule has 0 saturated heterocycles. The molecule has 0 fully saturated rings. The van der Waals surface area contributed by atoms with E-state index in [1.54, 1.807) is 0 Å². The van der Waals surface area contributed by atoms with E-state index in [0.717, 1.165) is 6.42 Å². The number of hydrogen-bond acceptors (Lipinski definition) is 1. The van der Waals surface area contributed by atoms with Gasteiger partial charge in [0, 0.05) is 0 Å². The quantitative estimate of drug-likeness (QED) is 0.683. The lowest BCUT2D eigenvalue weighted by atomic mass is 10.1. The number of rotatable bonds is 6. The van der Waals surface area contributed by atoms with Crippen molar-refractivity contribution < 1.29 is 0 Å². The molecule has 1 aromatic carbocycles. The molecule has 0 atom stereocenters. The molecule has 0 bridgehead atoms. The fourth-order valence-electron chi connectivity index (χ4n) is 2.92. The molecule has 1 nitrogen and oxygen atoms in total. The summed E-state index contributed by atoms with van der Waals surface area (Å²) in [6.07, 6.45) is 2.34. The third-order valence-electron chi connectivity index (χ3n) is 3.64. The summed E-state index contributed by atoms with van der Waals surface area (Å²) < 4.78 is 2.87. The fourth-order valence-corrected chi connectivity index (χ4v) is 12.5. The largest absolute Gasteiger partial charge is 0.345 e. The van der Waals surface area contributed by atoms with E-state index in [0.29, 0.717) is 0 Å². The van der Waals surface area contributed by atoms with Crippen LogP contribution in [0.25, 0.3) is 0 Å². The fraction of sp³-hybridized carbons (Fsp3) is 0.625. The number of aryl methyl sites for hydroxylation is 1. The van der Waals surface area contributed by atoms with Crippen molar-refractivity contribution in [2.45, 2.75) is 59.0 Å². The molecule has 0 amide bonds. The van der Waals surface area contributed by atoms with Gasteiger partial charge in [-0.3, -0.25) is 0 Å². The summed E-state index contributed by atoms with van der Waals surface area (Å²) in [6.45, 7) is 18.3. The predicted molar refractivity (Wildman–Crippen MR) is 92.9 cm³/mol. The van der Waals surface area contributed by atoms with Crippen molar-refractivity contribution in [3.05, 3.63) is 35.4 Å². The second-order valence-corrected chi connectivity index (χ2v) is 17.6. The molecule has 108 valence electrons. The third-order valence-corrected chi connectivity index (χ3v) is 11.4. The van der Waals surface area contributed by atoms with E-state index in [1.807, 2.05) is 0 Å². The lowest BCUT2D eigenvalue weighted by Crippen LogP contribution is -2.59. The summed E-state index contributed by atoms with van der Waals surface area (Å²) in [5, 5.41) is 0. The van der Waals surface area contributed by atoms with Gasteiger partial charge in [-0.15, -0.1) is 0 Å². The van der Waals surface area contributed by atoms with E-state index in [1.165, 1.54) is 24.1 Å². The van der Waals surface area contributed by atoms with E-state index in [2.05, 4.69) is 74.7 Å². The zero-order valence-electron chi connectivity index (χ0n) is 13.9. The van der Waals surface area contributed by atoms with Crippen molar-refractivity contribution in [3.8, 4) is 0 Å². The first kappa shape index (κ1) is 16.7. The Morgan fingerprint density at radius 3 is 1.89 bits per heavy atom. The Labute approximate surface area is 122 Å². The van der Waals surface area contributed by atoms with E-state index >= 15 is 0 Å². The lowest BCUT2D eigenvalue weighted by molar-refractivity contribution is 0.612. The lowest BCUT2D eigenvalue weighted by Gasteiger charge is -2.43. The Kier molecular flexibility index (Phi) is 5.59. The van der Waals surface area contributed by atoms with Crippen LogP contribution in [-0.4, -0.2) is 27.2 Å². The minimum Gasteiger partial charge on any atom is -0.345 e. The molecule has 0 unspecified atom stereocenters. The molecule has 1 aromatic rings. The molecule has 0 saturated carbocycles. The van der Waals surface area contributed by atoms with Crippen LogP contribution < -0.4 is 0 Å². The van der Waals surface area contributed by atoms with Gasteiger partial charge in [-0.2, -0.15) is 0 Å². The van der Waals surface area contributed by atoms with Crippen molar-refractivity contribution in [2.24, 2.45) is 0 Å². The van der Waals surface area contributed by atoms with Crippen molar-refractivity contribution in [3.63, 3.8) is 0 Å². The highest BCUT2D eigenvalue weighted by Crippen LogP contribution is 2.20.